The molecule has 0 aliphatic heterocycles. The first-order chi connectivity index (χ1) is 12.0. The highest BCUT2D eigenvalue weighted by Gasteiger charge is 2.05. The van der Waals surface area contributed by atoms with E-state index in [4.69, 9.17) is 9.47 Å². The van der Waals surface area contributed by atoms with Crippen molar-refractivity contribution in [1.82, 2.24) is 5.32 Å². The molecule has 2 aromatic rings. The van der Waals surface area contributed by atoms with Crippen LogP contribution in [0.3, 0.4) is 0 Å². The Kier molecular flexibility index (Phi) is 7.41. The topological polar surface area (TPSA) is 47.6 Å². The lowest BCUT2D eigenvalue weighted by Crippen LogP contribution is -2.25. The highest BCUT2D eigenvalue weighted by atomic mass is 19.1. The van der Waals surface area contributed by atoms with Crippen molar-refractivity contribution in [2.24, 2.45) is 5.92 Å². The summed E-state index contributed by atoms with van der Waals surface area (Å²) in [6.45, 7) is 6.16. The van der Waals surface area contributed by atoms with Crippen molar-refractivity contribution in [2.75, 3.05) is 19.8 Å². The van der Waals surface area contributed by atoms with E-state index in [0.29, 0.717) is 36.1 Å². The second-order valence-electron chi connectivity index (χ2n) is 6.16. The number of halogens is 1. The maximum atomic E-state index is 12.9. The molecule has 2 rings (SSSR count). The molecule has 1 N–H and O–H groups in total. The van der Waals surface area contributed by atoms with Crippen molar-refractivity contribution in [3.8, 4) is 11.5 Å². The number of carbonyl (C=O) groups is 1. The first-order valence-corrected chi connectivity index (χ1v) is 8.44. The zero-order valence-corrected chi connectivity index (χ0v) is 14.6. The van der Waals surface area contributed by atoms with E-state index in [2.05, 4.69) is 19.2 Å². The monoisotopic (exact) mass is 345 g/mol. The van der Waals surface area contributed by atoms with Gasteiger partial charge in [-0.3, -0.25) is 4.79 Å². The molecule has 5 heteroatoms. The molecule has 0 aliphatic carbocycles. The van der Waals surface area contributed by atoms with Crippen molar-refractivity contribution in [3.05, 3.63) is 59.9 Å². The molecule has 4 nitrogen and oxygen atoms in total. The number of nitrogens with one attached hydrogen (secondary N) is 1. The minimum Gasteiger partial charge on any atom is -0.457 e. The van der Waals surface area contributed by atoms with Crippen LogP contribution in [-0.4, -0.2) is 25.7 Å². The molecule has 25 heavy (non-hydrogen) atoms. The standard InChI is InChI=1S/C20H24FNO3/c1-15(2)14-24-13-3-12-22-20(23)16-4-8-18(9-5-16)25-19-10-6-17(21)7-11-19/h4-11,15H,3,12-14H2,1-2H3,(H,22,23). The maximum Gasteiger partial charge on any atom is 0.251 e. The second-order valence-corrected chi connectivity index (χ2v) is 6.16. The Morgan fingerprint density at radius 2 is 1.64 bits per heavy atom. The van der Waals surface area contributed by atoms with Crippen molar-refractivity contribution < 1.29 is 18.7 Å². The van der Waals surface area contributed by atoms with Gasteiger partial charge in [0.2, 0.25) is 0 Å². The van der Waals surface area contributed by atoms with Gasteiger partial charge in [0.15, 0.2) is 0 Å². The lowest BCUT2D eigenvalue weighted by molar-refractivity contribution is 0.0925. The van der Waals surface area contributed by atoms with Gasteiger partial charge in [-0.15, -0.1) is 0 Å². The first kappa shape index (κ1) is 18.9. The number of ether oxygens (including phenoxy) is 2. The average molecular weight is 345 g/mol. The van der Waals surface area contributed by atoms with E-state index in [-0.39, 0.29) is 11.7 Å². The Morgan fingerprint density at radius 3 is 2.24 bits per heavy atom. The van der Waals surface area contributed by atoms with E-state index in [1.165, 1.54) is 12.1 Å². The van der Waals surface area contributed by atoms with Gasteiger partial charge in [0, 0.05) is 25.3 Å². The van der Waals surface area contributed by atoms with E-state index >= 15 is 0 Å². The zero-order chi connectivity index (χ0) is 18.1. The summed E-state index contributed by atoms with van der Waals surface area (Å²) in [5.74, 6) is 1.21. The Labute approximate surface area is 148 Å². The lowest BCUT2D eigenvalue weighted by Gasteiger charge is -2.09. The molecule has 1 amide bonds. The average Bonchev–Trinajstić information content (AvgIpc) is 2.60. The van der Waals surface area contributed by atoms with Gasteiger partial charge in [0.1, 0.15) is 17.3 Å². The van der Waals surface area contributed by atoms with Crippen molar-refractivity contribution >= 4 is 5.91 Å². The number of benzene rings is 2. The van der Waals surface area contributed by atoms with Crippen LogP contribution in [0.4, 0.5) is 4.39 Å². The summed E-state index contributed by atoms with van der Waals surface area (Å²) < 4.78 is 23.9. The van der Waals surface area contributed by atoms with Gasteiger partial charge >= 0.3 is 0 Å². The Hall–Kier alpha value is -2.40. The fourth-order valence-corrected chi connectivity index (χ4v) is 2.11. The third-order valence-corrected chi connectivity index (χ3v) is 3.37. The summed E-state index contributed by atoms with van der Waals surface area (Å²) in [5.41, 5.74) is 0.564. The van der Waals surface area contributed by atoms with Crippen LogP contribution < -0.4 is 10.1 Å². The summed E-state index contributed by atoms with van der Waals surface area (Å²) in [5, 5.41) is 2.86. The predicted octanol–water partition coefficient (Wildman–Crippen LogP) is 4.41. The highest BCUT2D eigenvalue weighted by Crippen LogP contribution is 2.21. The summed E-state index contributed by atoms with van der Waals surface area (Å²) in [6.07, 6.45) is 0.782. The van der Waals surface area contributed by atoms with Crippen LogP contribution in [0.2, 0.25) is 0 Å². The number of rotatable bonds is 9. The van der Waals surface area contributed by atoms with E-state index < -0.39 is 0 Å². The molecule has 0 aromatic heterocycles. The van der Waals surface area contributed by atoms with Crippen molar-refractivity contribution in [3.63, 3.8) is 0 Å². The molecule has 0 saturated heterocycles. The molecule has 0 aliphatic rings. The first-order valence-electron chi connectivity index (χ1n) is 8.44. The van der Waals surface area contributed by atoms with Crippen molar-refractivity contribution in [1.29, 1.82) is 0 Å². The third kappa shape index (κ3) is 6.93. The van der Waals surface area contributed by atoms with Gasteiger partial charge in [-0.1, -0.05) is 13.8 Å². The van der Waals surface area contributed by atoms with Crippen LogP contribution in [0.25, 0.3) is 0 Å². The minimum atomic E-state index is -0.311. The smallest absolute Gasteiger partial charge is 0.251 e. The molecule has 0 fully saturated rings. The SMILES string of the molecule is CC(C)COCCCNC(=O)c1ccc(Oc2ccc(F)cc2)cc1. The van der Waals surface area contributed by atoms with Crippen LogP contribution in [0, 0.1) is 11.7 Å². The predicted molar refractivity (Wildman–Crippen MR) is 95.5 cm³/mol. The molecule has 0 heterocycles. The molecule has 0 bridgehead atoms. The Bertz CT molecular complexity index is 654. The van der Waals surface area contributed by atoms with Gasteiger partial charge in [-0.25, -0.2) is 4.39 Å². The van der Waals surface area contributed by atoms with Gasteiger partial charge in [-0.05, 0) is 60.9 Å². The van der Waals surface area contributed by atoms with Gasteiger partial charge in [0.05, 0.1) is 0 Å². The van der Waals surface area contributed by atoms with E-state index in [9.17, 15) is 9.18 Å². The number of hydrogen-bond donors (Lipinski definition) is 1. The quantitative estimate of drug-likeness (QED) is 0.685. The van der Waals surface area contributed by atoms with Crippen LogP contribution in [-0.2, 0) is 4.74 Å². The molecule has 0 atom stereocenters. The normalized spacial score (nSPS) is 10.7. The number of amides is 1. The number of carbonyl (C=O) groups excluding carboxylic acids is 1. The van der Waals surface area contributed by atoms with E-state index in [1.54, 1.807) is 36.4 Å². The fraction of sp³-hybridized carbons (Fsp3) is 0.350. The number of hydrogen-bond acceptors (Lipinski definition) is 3. The molecule has 2 aromatic carbocycles. The fourth-order valence-electron chi connectivity index (χ4n) is 2.11. The van der Waals surface area contributed by atoms with Gasteiger partial charge < -0.3 is 14.8 Å². The molecular weight excluding hydrogens is 321 g/mol. The largest absolute Gasteiger partial charge is 0.457 e. The van der Waals surface area contributed by atoms with Crippen LogP contribution in [0.5, 0.6) is 11.5 Å². The van der Waals surface area contributed by atoms with Crippen LogP contribution >= 0.6 is 0 Å². The summed E-state index contributed by atoms with van der Waals surface area (Å²) >= 11 is 0. The molecule has 0 unspecified atom stereocenters. The Morgan fingerprint density at radius 1 is 1.04 bits per heavy atom. The minimum absolute atomic E-state index is 0.128. The van der Waals surface area contributed by atoms with Gasteiger partial charge in [-0.2, -0.15) is 0 Å². The van der Waals surface area contributed by atoms with E-state index in [0.717, 1.165) is 13.0 Å². The van der Waals surface area contributed by atoms with Crippen molar-refractivity contribution in [2.45, 2.75) is 20.3 Å². The molecule has 0 radical (unpaired) electrons. The summed E-state index contributed by atoms with van der Waals surface area (Å²) in [6, 6.07) is 12.6. The molecule has 0 spiro atoms. The maximum absolute atomic E-state index is 12.9. The van der Waals surface area contributed by atoms with Crippen LogP contribution in [0.15, 0.2) is 48.5 Å². The molecule has 134 valence electrons. The highest BCUT2D eigenvalue weighted by molar-refractivity contribution is 5.94. The van der Waals surface area contributed by atoms with E-state index in [1.807, 2.05) is 0 Å². The summed E-state index contributed by atoms with van der Waals surface area (Å²) in [4.78, 5) is 12.1. The Balaban J connectivity index is 1.75. The summed E-state index contributed by atoms with van der Waals surface area (Å²) in [7, 11) is 0. The molecular formula is C20H24FNO3. The zero-order valence-electron chi connectivity index (χ0n) is 14.6. The van der Waals surface area contributed by atoms with Crippen LogP contribution in [0.1, 0.15) is 30.6 Å². The van der Waals surface area contributed by atoms with Gasteiger partial charge in [0.25, 0.3) is 5.91 Å². The third-order valence-electron chi connectivity index (χ3n) is 3.37. The lowest BCUT2D eigenvalue weighted by atomic mass is 10.2. The molecule has 0 saturated carbocycles. The second kappa shape index (κ2) is 9.79.